The Morgan fingerprint density at radius 2 is 0.922 bits per heavy atom. The number of allylic oxidation sites excluding steroid dienone is 5. The summed E-state index contributed by atoms with van der Waals surface area (Å²) in [7, 11) is 0. The van der Waals surface area contributed by atoms with E-state index in [-0.39, 0.29) is 12.5 Å². The van der Waals surface area contributed by atoms with E-state index in [2.05, 4.69) is 43.5 Å². The number of nitrogens with one attached hydrogen (secondary N) is 1. The molecule has 0 aromatic heterocycles. The van der Waals surface area contributed by atoms with Gasteiger partial charge in [-0.3, -0.25) is 4.79 Å². The predicted molar refractivity (Wildman–Crippen MR) is 267 cm³/mol. The summed E-state index contributed by atoms with van der Waals surface area (Å²) in [4.78, 5) is 13.0. The van der Waals surface area contributed by atoms with E-state index in [1.807, 2.05) is 6.08 Å². The molecular formula is C55H103NO8. The third kappa shape index (κ3) is 34.7. The Kier molecular flexibility index (Phi) is 42.7. The number of aliphatic hydroxyl groups is 5. The van der Waals surface area contributed by atoms with Crippen molar-refractivity contribution < 1.29 is 39.8 Å². The van der Waals surface area contributed by atoms with Gasteiger partial charge in [-0.2, -0.15) is 0 Å². The van der Waals surface area contributed by atoms with Crippen LogP contribution in [0.3, 0.4) is 0 Å². The largest absolute Gasteiger partial charge is 0.394 e. The molecule has 7 atom stereocenters. The Balaban J connectivity index is 2.12. The number of unbranched alkanes of at least 4 members (excludes halogenated alkanes) is 32. The van der Waals surface area contributed by atoms with E-state index in [4.69, 9.17) is 9.47 Å². The van der Waals surface area contributed by atoms with E-state index in [1.165, 1.54) is 186 Å². The second kappa shape index (κ2) is 45.2. The number of ether oxygens (including phenoxy) is 2. The van der Waals surface area contributed by atoms with Gasteiger partial charge in [0.25, 0.3) is 0 Å². The smallest absolute Gasteiger partial charge is 0.220 e. The zero-order valence-electron chi connectivity index (χ0n) is 41.5. The molecule has 0 aliphatic carbocycles. The number of rotatable bonds is 46. The fourth-order valence-corrected chi connectivity index (χ4v) is 8.60. The summed E-state index contributed by atoms with van der Waals surface area (Å²) in [5.41, 5.74) is 0. The summed E-state index contributed by atoms with van der Waals surface area (Å²) in [6, 6.07) is -0.802. The van der Waals surface area contributed by atoms with Crippen molar-refractivity contribution in [1.29, 1.82) is 0 Å². The van der Waals surface area contributed by atoms with E-state index in [9.17, 15) is 30.3 Å². The fraction of sp³-hybridized carbons (Fsp3) is 0.873. The van der Waals surface area contributed by atoms with Crippen molar-refractivity contribution in [1.82, 2.24) is 5.32 Å². The average molecular weight is 906 g/mol. The highest BCUT2D eigenvalue weighted by Crippen LogP contribution is 2.23. The van der Waals surface area contributed by atoms with Crippen molar-refractivity contribution in [3.05, 3.63) is 36.5 Å². The number of hydrogen-bond acceptors (Lipinski definition) is 8. The molecule has 1 amide bonds. The van der Waals surface area contributed by atoms with E-state index < -0.39 is 49.5 Å². The van der Waals surface area contributed by atoms with Crippen LogP contribution in [-0.2, 0) is 14.3 Å². The quantitative estimate of drug-likeness (QED) is 0.0261. The fourth-order valence-electron chi connectivity index (χ4n) is 8.60. The van der Waals surface area contributed by atoms with Crippen LogP contribution in [0.15, 0.2) is 36.5 Å². The van der Waals surface area contributed by atoms with Crippen LogP contribution in [0.2, 0.25) is 0 Å². The topological polar surface area (TPSA) is 149 Å². The van der Waals surface area contributed by atoms with Crippen molar-refractivity contribution in [2.24, 2.45) is 0 Å². The van der Waals surface area contributed by atoms with Gasteiger partial charge in [0.1, 0.15) is 24.4 Å². The summed E-state index contributed by atoms with van der Waals surface area (Å²) >= 11 is 0. The molecule has 0 aromatic carbocycles. The molecule has 6 N–H and O–H groups in total. The molecule has 1 saturated heterocycles. The normalized spacial score (nSPS) is 20.3. The first-order valence-electron chi connectivity index (χ1n) is 27.2. The zero-order valence-corrected chi connectivity index (χ0v) is 41.5. The van der Waals surface area contributed by atoms with Gasteiger partial charge < -0.3 is 40.3 Å². The maximum absolute atomic E-state index is 13.0. The Bertz CT molecular complexity index is 1100. The molecule has 1 aliphatic heterocycles. The highest BCUT2D eigenvalue weighted by molar-refractivity contribution is 5.76. The zero-order chi connectivity index (χ0) is 46.6. The SMILES string of the molecule is CCCCCCCCCC/C=C/C(O)C(COC1OC(CO)C(O)C(O)C1O)NC(=O)CCCCCCCCCCCCCCCCC/C=C\C/C=C\CCCCCCCCCCC. The molecule has 9 nitrogen and oxygen atoms in total. The van der Waals surface area contributed by atoms with Crippen LogP contribution in [-0.4, -0.2) is 87.5 Å². The van der Waals surface area contributed by atoms with Crippen molar-refractivity contribution in [3.63, 3.8) is 0 Å². The molecule has 376 valence electrons. The molecule has 9 heteroatoms. The Morgan fingerprint density at radius 3 is 1.34 bits per heavy atom. The van der Waals surface area contributed by atoms with E-state index in [1.54, 1.807) is 6.08 Å². The number of carbonyl (C=O) groups is 1. The third-order valence-electron chi connectivity index (χ3n) is 13.0. The molecule has 1 heterocycles. The van der Waals surface area contributed by atoms with E-state index >= 15 is 0 Å². The predicted octanol–water partition coefficient (Wildman–Crippen LogP) is 12.8. The van der Waals surface area contributed by atoms with Crippen LogP contribution in [0, 0.1) is 0 Å². The minimum atomic E-state index is -1.56. The molecule has 0 spiro atoms. The first-order chi connectivity index (χ1) is 31.3. The molecule has 64 heavy (non-hydrogen) atoms. The summed E-state index contributed by atoms with van der Waals surface area (Å²) in [6.45, 7) is 3.76. The maximum atomic E-state index is 13.0. The van der Waals surface area contributed by atoms with Crippen LogP contribution in [0.25, 0.3) is 0 Å². The van der Waals surface area contributed by atoms with Gasteiger partial charge in [0.05, 0.1) is 25.4 Å². The maximum Gasteiger partial charge on any atom is 0.220 e. The lowest BCUT2D eigenvalue weighted by Gasteiger charge is -2.40. The molecule has 1 fully saturated rings. The van der Waals surface area contributed by atoms with Crippen LogP contribution in [0.4, 0.5) is 0 Å². The van der Waals surface area contributed by atoms with Crippen molar-refractivity contribution in [3.8, 4) is 0 Å². The highest BCUT2D eigenvalue weighted by atomic mass is 16.7. The second-order valence-corrected chi connectivity index (χ2v) is 19.0. The van der Waals surface area contributed by atoms with Crippen molar-refractivity contribution in [2.45, 2.75) is 294 Å². The van der Waals surface area contributed by atoms with Gasteiger partial charge in [0.15, 0.2) is 6.29 Å². The highest BCUT2D eigenvalue weighted by Gasteiger charge is 2.44. The summed E-state index contributed by atoms with van der Waals surface area (Å²) < 4.78 is 11.2. The Morgan fingerprint density at radius 1 is 0.531 bits per heavy atom. The monoisotopic (exact) mass is 906 g/mol. The Hall–Kier alpha value is -1.59. The first kappa shape index (κ1) is 60.4. The standard InChI is InChI=1S/C55H103NO8/c1-3-5-7-9-11-13-15-16-17-18-19-20-21-22-23-24-25-26-27-28-29-30-31-32-33-34-35-37-39-41-43-45-51(59)56-48(47-63-55-54(62)53(61)52(60)50(46-57)64-55)49(58)44-42-40-38-36-14-12-10-8-6-4-2/h19-20,22-23,42,44,48-50,52-55,57-58,60-62H,3-18,21,24-41,43,45-47H2,1-2H3,(H,56,59)/b20-19-,23-22-,44-42+. The van der Waals surface area contributed by atoms with Gasteiger partial charge in [-0.1, -0.05) is 230 Å². The van der Waals surface area contributed by atoms with Gasteiger partial charge >= 0.3 is 0 Å². The van der Waals surface area contributed by atoms with Crippen LogP contribution >= 0.6 is 0 Å². The summed E-state index contributed by atoms with van der Waals surface area (Å²) in [6.07, 6.45) is 50.8. The van der Waals surface area contributed by atoms with E-state index in [0.717, 1.165) is 44.9 Å². The van der Waals surface area contributed by atoms with Gasteiger partial charge in [-0.15, -0.1) is 0 Å². The van der Waals surface area contributed by atoms with Crippen LogP contribution < -0.4 is 5.32 Å². The van der Waals surface area contributed by atoms with Crippen molar-refractivity contribution >= 4 is 5.91 Å². The average Bonchev–Trinajstić information content (AvgIpc) is 3.29. The molecule has 0 saturated carbocycles. The molecule has 0 radical (unpaired) electrons. The molecule has 1 rings (SSSR count). The van der Waals surface area contributed by atoms with Gasteiger partial charge in [0.2, 0.25) is 5.91 Å². The van der Waals surface area contributed by atoms with Gasteiger partial charge in [-0.25, -0.2) is 0 Å². The molecule has 7 unspecified atom stereocenters. The lowest BCUT2D eigenvalue weighted by molar-refractivity contribution is -0.302. The molecule has 0 aromatic rings. The number of amides is 1. The lowest BCUT2D eigenvalue weighted by Crippen LogP contribution is -2.60. The molecule has 1 aliphatic rings. The Labute approximate surface area is 393 Å². The minimum absolute atomic E-state index is 0.177. The molecule has 0 bridgehead atoms. The van der Waals surface area contributed by atoms with E-state index in [0.29, 0.717) is 6.42 Å². The second-order valence-electron chi connectivity index (χ2n) is 19.0. The van der Waals surface area contributed by atoms with Crippen molar-refractivity contribution in [2.75, 3.05) is 13.2 Å². The molecular weight excluding hydrogens is 803 g/mol. The third-order valence-corrected chi connectivity index (χ3v) is 13.0. The van der Waals surface area contributed by atoms with Gasteiger partial charge in [-0.05, 0) is 51.4 Å². The lowest BCUT2D eigenvalue weighted by atomic mass is 9.99. The number of hydrogen-bond donors (Lipinski definition) is 6. The minimum Gasteiger partial charge on any atom is -0.394 e. The summed E-state index contributed by atoms with van der Waals surface area (Å²) in [5.74, 6) is -0.177. The number of carbonyl (C=O) groups excluding carboxylic acids is 1. The van der Waals surface area contributed by atoms with Crippen LogP contribution in [0.1, 0.15) is 251 Å². The van der Waals surface area contributed by atoms with Gasteiger partial charge in [0, 0.05) is 6.42 Å². The van der Waals surface area contributed by atoms with Crippen LogP contribution in [0.5, 0.6) is 0 Å². The number of aliphatic hydroxyl groups excluding tert-OH is 5. The first-order valence-corrected chi connectivity index (χ1v) is 27.2. The summed E-state index contributed by atoms with van der Waals surface area (Å²) in [5, 5.41) is 54.2.